The van der Waals surface area contributed by atoms with Crippen LogP contribution in [0.2, 0.25) is 0 Å². The quantitative estimate of drug-likeness (QED) is 0.207. The number of hydrogen-bond donors (Lipinski definition) is 3. The van der Waals surface area contributed by atoms with Crippen molar-refractivity contribution in [3.05, 3.63) is 83.4 Å². The molecule has 1 amide bonds. The van der Waals surface area contributed by atoms with E-state index in [1.165, 1.54) is 18.4 Å². The number of carbonyl (C=O) groups excluding carboxylic acids is 1. The van der Waals surface area contributed by atoms with Gasteiger partial charge in [0.05, 0.1) is 30.2 Å². The Morgan fingerprint density at radius 3 is 2.25 bits per heavy atom. The van der Waals surface area contributed by atoms with Crippen molar-refractivity contribution < 1.29 is 14.3 Å². The molecule has 3 aromatic rings. The number of unbranched alkanes of at least 4 members (excludes halogenated alkanes) is 1. The van der Waals surface area contributed by atoms with Crippen LogP contribution in [0.4, 0.5) is 11.4 Å². The van der Waals surface area contributed by atoms with E-state index >= 15 is 0 Å². The van der Waals surface area contributed by atoms with Crippen molar-refractivity contribution in [2.75, 3.05) is 30.4 Å². The Morgan fingerprint density at radius 2 is 1.58 bits per heavy atom. The van der Waals surface area contributed by atoms with E-state index in [-0.39, 0.29) is 5.91 Å². The number of nitrogens with one attached hydrogen (secondary N) is 3. The minimum Gasteiger partial charge on any atom is -0.490 e. The van der Waals surface area contributed by atoms with Gasteiger partial charge < -0.3 is 25.4 Å². The fraction of sp³-hybridized carbons (Fsp3) is 0.300. The number of anilines is 2. The van der Waals surface area contributed by atoms with E-state index in [4.69, 9.17) is 9.47 Å². The smallest absolute Gasteiger partial charge is 0.258 e. The molecule has 4 rings (SSSR count). The first-order valence-electron chi connectivity index (χ1n) is 12.8. The van der Waals surface area contributed by atoms with Gasteiger partial charge in [0, 0.05) is 23.9 Å². The lowest BCUT2D eigenvalue weighted by molar-refractivity contribution is -0.110. The van der Waals surface area contributed by atoms with Crippen LogP contribution in [0.3, 0.4) is 0 Å². The standard InChI is InChI=1S/C30H35N3O3/c1-4-7-17-31-20-21-13-15-23(16-14-21)32-29(22-11-9-8-10-12-22)28-24-18-26(35-5-2)27(36-6-3)19-25(24)33-30(28)34/h8-16,18-19,31-32H,4-7,17,20H2,1-3H3,(H,33,34). The van der Waals surface area contributed by atoms with Crippen LogP contribution in [0.5, 0.6) is 11.5 Å². The minimum absolute atomic E-state index is 0.163. The molecule has 0 saturated carbocycles. The number of benzene rings is 3. The van der Waals surface area contributed by atoms with Gasteiger partial charge in [0.25, 0.3) is 5.91 Å². The second kappa shape index (κ2) is 12.3. The van der Waals surface area contributed by atoms with Gasteiger partial charge >= 0.3 is 0 Å². The minimum atomic E-state index is -0.163. The summed E-state index contributed by atoms with van der Waals surface area (Å²) in [5.41, 5.74) is 5.88. The third-order valence-corrected chi connectivity index (χ3v) is 6.00. The summed E-state index contributed by atoms with van der Waals surface area (Å²) < 4.78 is 11.6. The maximum absolute atomic E-state index is 13.3. The van der Waals surface area contributed by atoms with E-state index in [1.54, 1.807) is 0 Å². The molecule has 36 heavy (non-hydrogen) atoms. The first kappa shape index (κ1) is 25.3. The van der Waals surface area contributed by atoms with E-state index in [0.29, 0.717) is 36.0 Å². The largest absolute Gasteiger partial charge is 0.490 e. The monoisotopic (exact) mass is 485 g/mol. The van der Waals surface area contributed by atoms with E-state index in [2.05, 4.69) is 47.1 Å². The molecule has 6 nitrogen and oxygen atoms in total. The van der Waals surface area contributed by atoms with Crippen molar-refractivity contribution in [2.24, 2.45) is 0 Å². The van der Waals surface area contributed by atoms with Crippen LogP contribution in [0, 0.1) is 0 Å². The summed E-state index contributed by atoms with van der Waals surface area (Å²) in [7, 11) is 0. The summed E-state index contributed by atoms with van der Waals surface area (Å²) in [5, 5.41) is 10.0. The van der Waals surface area contributed by atoms with Crippen LogP contribution in [-0.4, -0.2) is 25.7 Å². The van der Waals surface area contributed by atoms with Crippen LogP contribution in [-0.2, 0) is 11.3 Å². The molecule has 188 valence electrons. The first-order chi connectivity index (χ1) is 17.6. The summed E-state index contributed by atoms with van der Waals surface area (Å²) in [6.07, 6.45) is 2.36. The zero-order valence-electron chi connectivity index (χ0n) is 21.3. The predicted octanol–water partition coefficient (Wildman–Crippen LogP) is 6.31. The average Bonchev–Trinajstić information content (AvgIpc) is 3.21. The highest BCUT2D eigenvalue weighted by Gasteiger charge is 2.30. The molecule has 1 heterocycles. The molecule has 3 N–H and O–H groups in total. The molecule has 0 aliphatic carbocycles. The Morgan fingerprint density at radius 1 is 0.889 bits per heavy atom. The summed E-state index contributed by atoms with van der Waals surface area (Å²) in [5.74, 6) is 1.08. The Kier molecular flexibility index (Phi) is 8.63. The van der Waals surface area contributed by atoms with E-state index in [0.717, 1.165) is 35.6 Å². The van der Waals surface area contributed by atoms with Gasteiger partial charge in [-0.15, -0.1) is 0 Å². The highest BCUT2D eigenvalue weighted by molar-refractivity contribution is 6.37. The lowest BCUT2D eigenvalue weighted by atomic mass is 9.99. The number of carbonyl (C=O) groups is 1. The van der Waals surface area contributed by atoms with Crippen LogP contribution in [0.1, 0.15) is 50.3 Å². The Bertz CT molecular complexity index is 1200. The summed E-state index contributed by atoms with van der Waals surface area (Å²) in [4.78, 5) is 13.3. The highest BCUT2D eigenvalue weighted by Crippen LogP contribution is 2.43. The number of hydrogen-bond acceptors (Lipinski definition) is 5. The average molecular weight is 486 g/mol. The Hall–Kier alpha value is -3.77. The molecular weight excluding hydrogens is 450 g/mol. The maximum atomic E-state index is 13.3. The third-order valence-electron chi connectivity index (χ3n) is 6.00. The molecule has 0 atom stereocenters. The van der Waals surface area contributed by atoms with E-state index in [1.807, 2.05) is 56.3 Å². The summed E-state index contributed by atoms with van der Waals surface area (Å²) >= 11 is 0. The Balaban J connectivity index is 1.72. The molecular formula is C30H35N3O3. The fourth-order valence-corrected chi connectivity index (χ4v) is 4.23. The second-order valence-electron chi connectivity index (χ2n) is 8.63. The zero-order valence-corrected chi connectivity index (χ0v) is 21.3. The summed E-state index contributed by atoms with van der Waals surface area (Å²) in [6, 6.07) is 22.0. The number of rotatable bonds is 12. The lowest BCUT2D eigenvalue weighted by Crippen LogP contribution is -2.14. The molecule has 0 aromatic heterocycles. The first-order valence-corrected chi connectivity index (χ1v) is 12.8. The fourth-order valence-electron chi connectivity index (χ4n) is 4.23. The van der Waals surface area contributed by atoms with Gasteiger partial charge in [-0.2, -0.15) is 0 Å². The van der Waals surface area contributed by atoms with Crippen LogP contribution in [0.25, 0.3) is 11.3 Å². The molecule has 1 aliphatic rings. The van der Waals surface area contributed by atoms with Crippen molar-refractivity contribution in [2.45, 2.75) is 40.2 Å². The predicted molar refractivity (Wildman–Crippen MR) is 147 cm³/mol. The van der Waals surface area contributed by atoms with E-state index in [9.17, 15) is 4.79 Å². The topological polar surface area (TPSA) is 71.6 Å². The van der Waals surface area contributed by atoms with Gasteiger partial charge in [-0.25, -0.2) is 0 Å². The molecule has 6 heteroatoms. The van der Waals surface area contributed by atoms with Gasteiger partial charge in [0.1, 0.15) is 0 Å². The molecule has 0 radical (unpaired) electrons. The van der Waals surface area contributed by atoms with Crippen molar-refractivity contribution >= 4 is 28.6 Å². The molecule has 3 aromatic carbocycles. The Labute approximate surface area is 213 Å². The van der Waals surface area contributed by atoms with Crippen LogP contribution < -0.4 is 25.4 Å². The van der Waals surface area contributed by atoms with Crippen molar-refractivity contribution in [1.82, 2.24) is 5.32 Å². The highest BCUT2D eigenvalue weighted by atomic mass is 16.5. The number of amides is 1. The molecule has 0 unspecified atom stereocenters. The van der Waals surface area contributed by atoms with E-state index < -0.39 is 0 Å². The number of fused-ring (bicyclic) bond motifs is 1. The van der Waals surface area contributed by atoms with Crippen molar-refractivity contribution in [3.8, 4) is 11.5 Å². The van der Waals surface area contributed by atoms with Crippen LogP contribution >= 0.6 is 0 Å². The van der Waals surface area contributed by atoms with Gasteiger partial charge in [-0.05, 0) is 56.1 Å². The van der Waals surface area contributed by atoms with Gasteiger partial charge in [-0.3, -0.25) is 4.79 Å². The second-order valence-corrected chi connectivity index (χ2v) is 8.63. The molecule has 1 aliphatic heterocycles. The molecule has 0 spiro atoms. The molecule has 0 saturated heterocycles. The SMILES string of the molecule is CCCCNCc1ccc(NC(=C2C(=O)Nc3cc(OCC)c(OCC)cc32)c2ccccc2)cc1. The van der Waals surface area contributed by atoms with Crippen molar-refractivity contribution in [1.29, 1.82) is 0 Å². The number of ether oxygens (including phenoxy) is 2. The van der Waals surface area contributed by atoms with Gasteiger partial charge in [-0.1, -0.05) is 55.8 Å². The zero-order chi connectivity index (χ0) is 25.3. The normalized spacial score (nSPS) is 13.7. The van der Waals surface area contributed by atoms with Gasteiger partial charge in [0.2, 0.25) is 0 Å². The summed E-state index contributed by atoms with van der Waals surface area (Å²) in [6.45, 7) is 8.92. The molecule has 0 bridgehead atoms. The van der Waals surface area contributed by atoms with Gasteiger partial charge in [0.15, 0.2) is 11.5 Å². The lowest BCUT2D eigenvalue weighted by Gasteiger charge is -2.16. The van der Waals surface area contributed by atoms with Crippen LogP contribution in [0.15, 0.2) is 66.7 Å². The van der Waals surface area contributed by atoms with Crippen molar-refractivity contribution in [3.63, 3.8) is 0 Å². The molecule has 0 fully saturated rings. The third kappa shape index (κ3) is 5.89. The maximum Gasteiger partial charge on any atom is 0.258 e.